The first kappa shape index (κ1) is 17.0. The highest BCUT2D eigenvalue weighted by Gasteiger charge is 2.34. The molecular weight excluding hydrogens is 433 g/mol. The molecule has 0 aliphatic carbocycles. The van der Waals surface area contributed by atoms with Gasteiger partial charge in [-0.1, -0.05) is 54.6 Å². The Morgan fingerprint density at radius 1 is 1.00 bits per heavy atom. The van der Waals surface area contributed by atoms with E-state index in [1.165, 1.54) is 4.90 Å². The molecule has 0 radical (unpaired) electrons. The first-order chi connectivity index (χ1) is 11.6. The fourth-order valence-corrected chi connectivity index (χ4v) is 3.38. The van der Waals surface area contributed by atoms with Gasteiger partial charge in [-0.3, -0.25) is 14.5 Å². The summed E-state index contributed by atoms with van der Waals surface area (Å²) in [6.07, 6.45) is 5.41. The van der Waals surface area contributed by atoms with Crippen molar-refractivity contribution in [2.24, 2.45) is 0 Å². The van der Waals surface area contributed by atoms with E-state index in [0.717, 1.165) is 26.5 Å². The van der Waals surface area contributed by atoms with Gasteiger partial charge in [0.05, 0.1) is 11.4 Å². The molecule has 2 aromatic rings. The minimum atomic E-state index is -0.235. The van der Waals surface area contributed by atoms with Gasteiger partial charge in [0, 0.05) is 3.57 Å². The molecule has 0 unspecified atom stereocenters. The van der Waals surface area contributed by atoms with Crippen LogP contribution in [0.15, 0.2) is 71.7 Å². The van der Waals surface area contributed by atoms with E-state index in [1.54, 1.807) is 12.2 Å². The van der Waals surface area contributed by atoms with Crippen LogP contribution in [-0.4, -0.2) is 16.0 Å². The Bertz CT molecular complexity index is 813. The highest BCUT2D eigenvalue weighted by molar-refractivity contribution is 14.1. The van der Waals surface area contributed by atoms with Crippen LogP contribution in [0.4, 0.5) is 4.79 Å². The number of hydrogen-bond acceptors (Lipinski definition) is 3. The molecule has 0 spiro atoms. The van der Waals surface area contributed by atoms with Crippen molar-refractivity contribution in [2.75, 3.05) is 0 Å². The van der Waals surface area contributed by atoms with E-state index in [-0.39, 0.29) is 11.1 Å². The molecular formula is C19H14INO2S. The van der Waals surface area contributed by atoms with E-state index in [4.69, 9.17) is 0 Å². The average molecular weight is 447 g/mol. The van der Waals surface area contributed by atoms with Gasteiger partial charge in [-0.15, -0.1) is 0 Å². The summed E-state index contributed by atoms with van der Waals surface area (Å²) in [6, 6.07) is 17.6. The maximum absolute atomic E-state index is 12.4. The van der Waals surface area contributed by atoms with Crippen LogP contribution in [0.2, 0.25) is 0 Å². The van der Waals surface area contributed by atoms with Crippen LogP contribution in [0.25, 0.3) is 6.08 Å². The van der Waals surface area contributed by atoms with Crippen molar-refractivity contribution in [3.63, 3.8) is 0 Å². The van der Waals surface area contributed by atoms with Gasteiger partial charge < -0.3 is 0 Å². The summed E-state index contributed by atoms with van der Waals surface area (Å²) in [5.41, 5.74) is 1.99. The lowest BCUT2D eigenvalue weighted by molar-refractivity contribution is -0.123. The lowest BCUT2D eigenvalue weighted by Crippen LogP contribution is -2.27. The third-order valence-electron chi connectivity index (χ3n) is 3.46. The first-order valence-corrected chi connectivity index (χ1v) is 9.24. The molecule has 1 heterocycles. The largest absolute Gasteiger partial charge is 0.293 e. The molecule has 1 fully saturated rings. The lowest BCUT2D eigenvalue weighted by Gasteiger charge is -2.12. The molecule has 2 amide bonds. The van der Waals surface area contributed by atoms with Gasteiger partial charge in [-0.2, -0.15) is 0 Å². The fourth-order valence-electron chi connectivity index (χ4n) is 2.23. The summed E-state index contributed by atoms with van der Waals surface area (Å²) in [6.45, 7) is 0.307. The molecule has 120 valence electrons. The molecule has 0 N–H and O–H groups in total. The second-order valence-corrected chi connectivity index (χ2v) is 7.43. The van der Waals surface area contributed by atoms with Gasteiger partial charge in [-0.05, 0) is 63.7 Å². The molecule has 5 heteroatoms. The predicted molar refractivity (Wildman–Crippen MR) is 106 cm³/mol. The second kappa shape index (κ2) is 7.81. The van der Waals surface area contributed by atoms with Gasteiger partial charge >= 0.3 is 0 Å². The maximum atomic E-state index is 12.4. The van der Waals surface area contributed by atoms with E-state index in [2.05, 4.69) is 22.6 Å². The number of allylic oxidation sites excluding steroid dienone is 2. The highest BCUT2D eigenvalue weighted by atomic mass is 127. The fraction of sp³-hybridized carbons (Fsp3) is 0.0526. The number of hydrogen-bond donors (Lipinski definition) is 0. The maximum Gasteiger partial charge on any atom is 0.293 e. The molecule has 3 nitrogen and oxygen atoms in total. The molecule has 0 saturated carbocycles. The summed E-state index contributed by atoms with van der Waals surface area (Å²) >= 11 is 3.21. The summed E-state index contributed by atoms with van der Waals surface area (Å²) in [5.74, 6) is -0.235. The third-order valence-corrected chi connectivity index (χ3v) is 5.11. The minimum Gasteiger partial charge on any atom is -0.268 e. The monoisotopic (exact) mass is 447 g/mol. The van der Waals surface area contributed by atoms with Crippen LogP contribution >= 0.6 is 34.4 Å². The second-order valence-electron chi connectivity index (χ2n) is 5.19. The van der Waals surface area contributed by atoms with E-state index in [1.807, 2.05) is 60.7 Å². The zero-order chi connectivity index (χ0) is 16.9. The zero-order valence-electron chi connectivity index (χ0n) is 12.7. The van der Waals surface area contributed by atoms with Gasteiger partial charge in [0.25, 0.3) is 11.1 Å². The van der Waals surface area contributed by atoms with Gasteiger partial charge in [0.2, 0.25) is 0 Å². The lowest BCUT2D eigenvalue weighted by atomic mass is 10.2. The van der Waals surface area contributed by atoms with Crippen LogP contribution < -0.4 is 0 Å². The Morgan fingerprint density at radius 3 is 2.42 bits per heavy atom. The van der Waals surface area contributed by atoms with Gasteiger partial charge in [0.15, 0.2) is 0 Å². The number of rotatable bonds is 4. The van der Waals surface area contributed by atoms with Gasteiger partial charge in [-0.25, -0.2) is 0 Å². The zero-order valence-corrected chi connectivity index (χ0v) is 15.7. The number of halogens is 1. The van der Waals surface area contributed by atoms with Gasteiger partial charge in [0.1, 0.15) is 0 Å². The van der Waals surface area contributed by atoms with E-state index in [9.17, 15) is 9.59 Å². The molecule has 1 aliphatic rings. The van der Waals surface area contributed by atoms with Crippen molar-refractivity contribution < 1.29 is 9.59 Å². The number of carbonyl (C=O) groups excluding carboxylic acids is 2. The molecule has 0 bridgehead atoms. The first-order valence-electron chi connectivity index (χ1n) is 7.35. The molecule has 3 rings (SSSR count). The van der Waals surface area contributed by atoms with Crippen LogP contribution in [0.5, 0.6) is 0 Å². The molecule has 1 saturated heterocycles. The SMILES string of the molecule is O=C1S/C(=C/C=C\c2ccccc2)C(=O)N1Cc1ccc(I)cc1. The van der Waals surface area contributed by atoms with Crippen molar-refractivity contribution in [3.05, 3.63) is 86.4 Å². The molecule has 2 aromatic carbocycles. The number of imide groups is 1. The van der Waals surface area contributed by atoms with Crippen LogP contribution in [0.1, 0.15) is 11.1 Å². The summed E-state index contributed by atoms with van der Waals surface area (Å²) in [4.78, 5) is 26.3. The topological polar surface area (TPSA) is 37.4 Å². The van der Waals surface area contributed by atoms with E-state index in [0.29, 0.717) is 11.4 Å². The number of thioether (sulfide) groups is 1. The van der Waals surface area contributed by atoms with E-state index >= 15 is 0 Å². The number of carbonyl (C=O) groups is 2. The van der Waals surface area contributed by atoms with E-state index < -0.39 is 0 Å². The third kappa shape index (κ3) is 4.15. The number of benzene rings is 2. The molecule has 1 aliphatic heterocycles. The number of nitrogens with zero attached hydrogens (tertiary/aromatic N) is 1. The summed E-state index contributed by atoms with van der Waals surface area (Å²) in [5, 5.41) is -0.224. The van der Waals surface area contributed by atoms with Crippen molar-refractivity contribution in [1.29, 1.82) is 0 Å². The standard InChI is InChI=1S/C19H14INO2S/c20-16-11-9-15(10-12-16)13-21-18(22)17(24-19(21)23)8-4-7-14-5-2-1-3-6-14/h1-12H,13H2/b7-4-,17-8+. The Kier molecular flexibility index (Phi) is 5.52. The van der Waals surface area contributed by atoms with Crippen LogP contribution in [-0.2, 0) is 11.3 Å². The Labute approximate surface area is 158 Å². The summed E-state index contributed by atoms with van der Waals surface area (Å²) in [7, 11) is 0. The predicted octanol–water partition coefficient (Wildman–Crippen LogP) is 5.08. The quantitative estimate of drug-likeness (QED) is 0.485. The van der Waals surface area contributed by atoms with Crippen molar-refractivity contribution in [3.8, 4) is 0 Å². The summed E-state index contributed by atoms with van der Waals surface area (Å²) < 4.78 is 1.12. The Hall–Kier alpha value is -1.86. The smallest absolute Gasteiger partial charge is 0.268 e. The minimum absolute atomic E-state index is 0.224. The Balaban J connectivity index is 1.70. The molecule has 0 aromatic heterocycles. The number of amides is 2. The molecule has 0 atom stereocenters. The van der Waals surface area contributed by atoms with Crippen LogP contribution in [0.3, 0.4) is 0 Å². The van der Waals surface area contributed by atoms with Crippen molar-refractivity contribution in [2.45, 2.75) is 6.54 Å². The normalized spacial score (nSPS) is 16.5. The van der Waals surface area contributed by atoms with Crippen molar-refractivity contribution in [1.82, 2.24) is 4.90 Å². The average Bonchev–Trinajstić information content (AvgIpc) is 2.85. The Morgan fingerprint density at radius 2 is 1.71 bits per heavy atom. The van der Waals surface area contributed by atoms with Crippen molar-refractivity contribution >= 4 is 51.6 Å². The highest BCUT2D eigenvalue weighted by Crippen LogP contribution is 2.31. The van der Waals surface area contributed by atoms with Crippen LogP contribution in [0, 0.1) is 3.57 Å². The molecule has 24 heavy (non-hydrogen) atoms.